The van der Waals surface area contributed by atoms with Crippen LogP contribution < -0.4 is 20.4 Å². The molecule has 204 valence electrons. The van der Waals surface area contributed by atoms with Gasteiger partial charge in [-0.2, -0.15) is 0 Å². The number of nitrogens with one attached hydrogen (secondary N) is 2. The highest BCUT2D eigenvalue weighted by Crippen LogP contribution is 2.40. The van der Waals surface area contributed by atoms with Crippen molar-refractivity contribution in [3.63, 3.8) is 0 Å². The van der Waals surface area contributed by atoms with Gasteiger partial charge in [0.25, 0.3) is 5.91 Å². The molecule has 1 unspecified atom stereocenters. The van der Waals surface area contributed by atoms with Crippen molar-refractivity contribution >= 4 is 34.6 Å². The molecule has 0 aliphatic carbocycles. The molecule has 9 nitrogen and oxygen atoms in total. The van der Waals surface area contributed by atoms with Crippen molar-refractivity contribution in [3.05, 3.63) is 48.0 Å². The first-order valence-corrected chi connectivity index (χ1v) is 13.7. The second-order valence-corrected chi connectivity index (χ2v) is 10.6. The van der Waals surface area contributed by atoms with Gasteiger partial charge in [-0.05, 0) is 69.3 Å². The molecule has 3 aliphatic rings. The molecule has 5 rings (SSSR count). The Morgan fingerprint density at radius 1 is 0.947 bits per heavy atom. The van der Waals surface area contributed by atoms with Gasteiger partial charge in [-0.1, -0.05) is 0 Å². The van der Waals surface area contributed by atoms with E-state index < -0.39 is 0 Å². The molecule has 3 heterocycles. The number of hydrogen-bond acceptors (Lipinski definition) is 7. The predicted molar refractivity (Wildman–Crippen MR) is 152 cm³/mol. The van der Waals surface area contributed by atoms with E-state index in [9.17, 15) is 9.59 Å². The third-order valence-corrected chi connectivity index (χ3v) is 8.05. The third kappa shape index (κ3) is 5.80. The highest BCUT2D eigenvalue weighted by Gasteiger charge is 2.38. The Kier molecular flexibility index (Phi) is 8.16. The average Bonchev–Trinajstić information content (AvgIpc) is 2.94. The summed E-state index contributed by atoms with van der Waals surface area (Å²) in [6.07, 6.45) is 1.83. The smallest absolute Gasteiger partial charge is 0.251 e. The Morgan fingerprint density at radius 2 is 1.63 bits per heavy atom. The van der Waals surface area contributed by atoms with Crippen LogP contribution in [0, 0.1) is 0 Å². The van der Waals surface area contributed by atoms with Crippen LogP contribution >= 0.6 is 0 Å². The summed E-state index contributed by atoms with van der Waals surface area (Å²) < 4.78 is 5.58. The molecule has 0 spiro atoms. The summed E-state index contributed by atoms with van der Waals surface area (Å²) in [4.78, 5) is 34.4. The van der Waals surface area contributed by atoms with Crippen LogP contribution in [0.4, 0.5) is 22.7 Å². The van der Waals surface area contributed by atoms with Crippen LogP contribution in [0.3, 0.4) is 0 Å². The van der Waals surface area contributed by atoms with Gasteiger partial charge in [0.2, 0.25) is 5.91 Å². The first-order valence-electron chi connectivity index (χ1n) is 13.7. The number of amides is 2. The summed E-state index contributed by atoms with van der Waals surface area (Å²) in [6, 6.07) is 13.8. The minimum absolute atomic E-state index is 0.0479. The SMILES string of the molecule is CC1C(=O)N(C)c2ccc(Nc3ccc(C(=O)NCCN4CCN(C)CC4)cc3)cc2N1C1CCOCC1. The lowest BCUT2D eigenvalue weighted by atomic mass is 9.99. The zero-order valence-corrected chi connectivity index (χ0v) is 22.8. The van der Waals surface area contributed by atoms with Crippen molar-refractivity contribution in [3.8, 4) is 0 Å². The Bertz CT molecular complexity index is 1130. The van der Waals surface area contributed by atoms with Crippen LogP contribution in [0.5, 0.6) is 0 Å². The van der Waals surface area contributed by atoms with Gasteiger partial charge in [0.15, 0.2) is 0 Å². The van der Waals surface area contributed by atoms with Crippen LogP contribution in [0.1, 0.15) is 30.1 Å². The van der Waals surface area contributed by atoms with Crippen molar-refractivity contribution in [2.45, 2.75) is 31.8 Å². The molecule has 0 aromatic heterocycles. The van der Waals surface area contributed by atoms with Crippen LogP contribution in [0.25, 0.3) is 0 Å². The Hall–Kier alpha value is -3.14. The lowest BCUT2D eigenvalue weighted by Gasteiger charge is -2.45. The van der Waals surface area contributed by atoms with Crippen molar-refractivity contribution in [1.82, 2.24) is 15.1 Å². The number of hydrogen-bond donors (Lipinski definition) is 2. The molecule has 38 heavy (non-hydrogen) atoms. The molecule has 0 saturated carbocycles. The van der Waals surface area contributed by atoms with E-state index in [2.05, 4.69) is 38.4 Å². The average molecular weight is 521 g/mol. The Morgan fingerprint density at radius 3 is 2.34 bits per heavy atom. The van der Waals surface area contributed by atoms with E-state index in [0.717, 1.165) is 81.5 Å². The second-order valence-electron chi connectivity index (χ2n) is 10.6. The molecule has 2 fully saturated rings. The molecule has 2 N–H and O–H groups in total. The summed E-state index contributed by atoms with van der Waals surface area (Å²) in [5.41, 5.74) is 4.49. The van der Waals surface area contributed by atoms with Gasteiger partial charge in [0.05, 0.1) is 11.4 Å². The van der Waals surface area contributed by atoms with E-state index in [-0.39, 0.29) is 23.9 Å². The van der Waals surface area contributed by atoms with Gasteiger partial charge < -0.3 is 30.1 Å². The topological polar surface area (TPSA) is 80.4 Å². The van der Waals surface area contributed by atoms with Crippen molar-refractivity contribution in [2.75, 3.05) is 81.7 Å². The number of likely N-dealkylation sites (N-methyl/N-ethyl adjacent to an activating group) is 2. The molecular weight excluding hydrogens is 480 g/mol. The maximum atomic E-state index is 13.0. The summed E-state index contributed by atoms with van der Waals surface area (Å²) in [5.74, 6) is 0.0651. The van der Waals surface area contributed by atoms with Crippen LogP contribution in [0.15, 0.2) is 42.5 Å². The number of nitrogens with zero attached hydrogens (tertiary/aromatic N) is 4. The van der Waals surface area contributed by atoms with Gasteiger partial charge in [0, 0.05) is 82.5 Å². The number of fused-ring (bicyclic) bond motifs is 1. The zero-order chi connectivity index (χ0) is 26.6. The van der Waals surface area contributed by atoms with E-state index >= 15 is 0 Å². The number of piperazine rings is 1. The van der Waals surface area contributed by atoms with Gasteiger partial charge in [-0.15, -0.1) is 0 Å². The van der Waals surface area contributed by atoms with Gasteiger partial charge in [-0.25, -0.2) is 0 Å². The molecular formula is C29H40N6O3. The monoisotopic (exact) mass is 520 g/mol. The Labute approximate surface area is 225 Å². The normalized spacial score (nSPS) is 21.3. The third-order valence-electron chi connectivity index (χ3n) is 8.05. The van der Waals surface area contributed by atoms with E-state index in [1.165, 1.54) is 0 Å². The van der Waals surface area contributed by atoms with Crippen molar-refractivity contribution in [1.29, 1.82) is 0 Å². The molecule has 9 heteroatoms. The summed E-state index contributed by atoms with van der Waals surface area (Å²) in [7, 11) is 3.99. The fourth-order valence-corrected chi connectivity index (χ4v) is 5.67. The first kappa shape index (κ1) is 26.5. The Balaban J connectivity index is 1.23. The lowest BCUT2D eigenvalue weighted by molar-refractivity contribution is -0.119. The van der Waals surface area contributed by atoms with Crippen LogP contribution in [-0.2, 0) is 9.53 Å². The molecule has 0 bridgehead atoms. The molecule has 3 aliphatic heterocycles. The second kappa shape index (κ2) is 11.7. The van der Waals surface area contributed by atoms with Crippen LogP contribution in [0.2, 0.25) is 0 Å². The first-order chi connectivity index (χ1) is 18.4. The van der Waals surface area contributed by atoms with Crippen LogP contribution in [-0.4, -0.2) is 100 Å². The number of benzene rings is 2. The maximum Gasteiger partial charge on any atom is 0.251 e. The fraction of sp³-hybridized carbons (Fsp3) is 0.517. The molecule has 0 radical (unpaired) electrons. The minimum atomic E-state index is -0.222. The fourth-order valence-electron chi connectivity index (χ4n) is 5.67. The largest absolute Gasteiger partial charge is 0.381 e. The summed E-state index contributed by atoms with van der Waals surface area (Å²) >= 11 is 0. The molecule has 2 amide bonds. The van der Waals surface area contributed by atoms with E-state index in [1.807, 2.05) is 50.4 Å². The van der Waals surface area contributed by atoms with Gasteiger partial charge >= 0.3 is 0 Å². The van der Waals surface area contributed by atoms with Crippen molar-refractivity contribution < 1.29 is 14.3 Å². The summed E-state index contributed by atoms with van der Waals surface area (Å²) in [6.45, 7) is 9.22. The summed E-state index contributed by atoms with van der Waals surface area (Å²) in [5, 5.41) is 6.52. The quantitative estimate of drug-likeness (QED) is 0.581. The highest BCUT2D eigenvalue weighted by atomic mass is 16.5. The number of ether oxygens (including phenoxy) is 1. The number of carbonyl (C=O) groups excluding carboxylic acids is 2. The molecule has 1 atom stereocenters. The van der Waals surface area contributed by atoms with E-state index in [0.29, 0.717) is 12.1 Å². The van der Waals surface area contributed by atoms with E-state index in [4.69, 9.17) is 4.74 Å². The molecule has 2 aromatic rings. The van der Waals surface area contributed by atoms with Gasteiger partial charge in [0.1, 0.15) is 6.04 Å². The molecule has 2 aromatic carbocycles. The molecule has 2 saturated heterocycles. The van der Waals surface area contributed by atoms with Gasteiger partial charge in [-0.3, -0.25) is 14.5 Å². The maximum absolute atomic E-state index is 13.0. The lowest BCUT2D eigenvalue weighted by Crippen LogP contribution is -2.55. The zero-order valence-electron chi connectivity index (χ0n) is 22.8. The highest BCUT2D eigenvalue weighted by molar-refractivity contribution is 6.05. The number of carbonyl (C=O) groups is 2. The van der Waals surface area contributed by atoms with E-state index in [1.54, 1.807) is 4.90 Å². The standard InChI is InChI=1S/C29H40N6O3/c1-21-29(37)33(3)26-9-8-24(20-27(26)35(21)25-10-18-38-19-11-25)31-23-6-4-22(5-7-23)28(36)30-12-13-34-16-14-32(2)15-17-34/h4-9,20-21,25,31H,10-19H2,1-3H3,(H,30,36). The predicted octanol–water partition coefficient (Wildman–Crippen LogP) is 2.76. The van der Waals surface area contributed by atoms with Crippen molar-refractivity contribution in [2.24, 2.45) is 0 Å². The minimum Gasteiger partial charge on any atom is -0.381 e. The number of rotatable bonds is 7. The number of anilines is 4.